The number of aryl methyl sites for hydroxylation is 2. The molecule has 3 aromatic rings. The van der Waals surface area contributed by atoms with Crippen molar-refractivity contribution in [3.63, 3.8) is 0 Å². The third-order valence-corrected chi connectivity index (χ3v) is 3.57. The number of hydrogen-bond donors (Lipinski definition) is 1. The van der Waals surface area contributed by atoms with Crippen molar-refractivity contribution >= 4 is 21.6 Å². The minimum Gasteiger partial charge on any atom is -0.399 e. The molecule has 4 nitrogen and oxygen atoms in total. The average molecular weight is 344 g/mol. The maximum Gasteiger partial charge on any atom is 0.258 e. The van der Waals surface area contributed by atoms with Crippen LogP contribution in [0.15, 0.2) is 57.5 Å². The molecule has 0 saturated heterocycles. The number of rotatable bonds is 4. The molecule has 0 bridgehead atoms. The summed E-state index contributed by atoms with van der Waals surface area (Å²) in [5, 5.41) is 4.02. The monoisotopic (exact) mass is 343 g/mol. The molecular formula is C16H14BrN3O. The lowest BCUT2D eigenvalue weighted by atomic mass is 10.1. The zero-order valence-electron chi connectivity index (χ0n) is 11.3. The van der Waals surface area contributed by atoms with Gasteiger partial charge in [-0.2, -0.15) is 4.98 Å². The maximum absolute atomic E-state index is 5.82. The van der Waals surface area contributed by atoms with Gasteiger partial charge in [-0.1, -0.05) is 51.4 Å². The summed E-state index contributed by atoms with van der Waals surface area (Å²) in [7, 11) is 0. The molecule has 0 aliphatic heterocycles. The zero-order valence-corrected chi connectivity index (χ0v) is 12.9. The molecule has 0 unspecified atom stereocenters. The van der Waals surface area contributed by atoms with Crippen LogP contribution >= 0.6 is 15.9 Å². The van der Waals surface area contributed by atoms with Crippen LogP contribution in [0, 0.1) is 0 Å². The fraction of sp³-hybridized carbons (Fsp3) is 0.125. The molecule has 5 heteroatoms. The SMILES string of the molecule is Nc1cc(Br)cc(-c2nc(CCc3ccccc3)no2)c1. The second kappa shape index (κ2) is 6.10. The lowest BCUT2D eigenvalue weighted by Gasteiger charge is -1.98. The first-order valence-corrected chi connectivity index (χ1v) is 7.43. The summed E-state index contributed by atoms with van der Waals surface area (Å²) in [5.74, 6) is 1.19. The van der Waals surface area contributed by atoms with Crippen molar-refractivity contribution in [1.82, 2.24) is 10.1 Å². The predicted octanol–water partition coefficient (Wildman–Crippen LogP) is 3.87. The highest BCUT2D eigenvalue weighted by Crippen LogP contribution is 2.25. The summed E-state index contributed by atoms with van der Waals surface area (Å²) in [6.45, 7) is 0. The average Bonchev–Trinajstić information content (AvgIpc) is 2.94. The van der Waals surface area contributed by atoms with Crippen molar-refractivity contribution in [3.05, 3.63) is 64.4 Å². The van der Waals surface area contributed by atoms with Crippen LogP contribution in [0.3, 0.4) is 0 Å². The van der Waals surface area contributed by atoms with Gasteiger partial charge in [-0.05, 0) is 30.2 Å². The quantitative estimate of drug-likeness (QED) is 0.730. The van der Waals surface area contributed by atoms with E-state index in [2.05, 4.69) is 38.2 Å². The molecular weight excluding hydrogens is 330 g/mol. The van der Waals surface area contributed by atoms with Gasteiger partial charge in [0.15, 0.2) is 5.82 Å². The molecule has 106 valence electrons. The molecule has 0 atom stereocenters. The van der Waals surface area contributed by atoms with Crippen LogP contribution in [0.4, 0.5) is 5.69 Å². The fourth-order valence-corrected chi connectivity index (χ4v) is 2.62. The number of nitrogens with two attached hydrogens (primary N) is 1. The van der Waals surface area contributed by atoms with Crippen LogP contribution in [-0.4, -0.2) is 10.1 Å². The second-order valence-corrected chi connectivity index (χ2v) is 5.69. The Morgan fingerprint density at radius 3 is 2.62 bits per heavy atom. The van der Waals surface area contributed by atoms with Crippen LogP contribution in [0.1, 0.15) is 11.4 Å². The van der Waals surface area contributed by atoms with Gasteiger partial charge >= 0.3 is 0 Å². The Labute approximate surface area is 131 Å². The summed E-state index contributed by atoms with van der Waals surface area (Å²) in [6.07, 6.45) is 1.64. The van der Waals surface area contributed by atoms with E-state index in [1.807, 2.05) is 36.4 Å². The van der Waals surface area contributed by atoms with Crippen molar-refractivity contribution in [2.24, 2.45) is 0 Å². The van der Waals surface area contributed by atoms with Gasteiger partial charge in [0.05, 0.1) is 0 Å². The standard InChI is InChI=1S/C16H14BrN3O/c17-13-8-12(9-14(18)10-13)16-19-15(20-21-16)7-6-11-4-2-1-3-5-11/h1-5,8-10H,6-7,18H2. The lowest BCUT2D eigenvalue weighted by molar-refractivity contribution is 0.422. The Bertz CT molecular complexity index is 720. The first-order valence-electron chi connectivity index (χ1n) is 6.64. The Balaban J connectivity index is 1.74. The van der Waals surface area contributed by atoms with Gasteiger partial charge in [0, 0.05) is 22.1 Å². The van der Waals surface area contributed by atoms with Gasteiger partial charge in [0.25, 0.3) is 5.89 Å². The number of anilines is 1. The molecule has 21 heavy (non-hydrogen) atoms. The van der Waals surface area contributed by atoms with Gasteiger partial charge in [0.2, 0.25) is 0 Å². The van der Waals surface area contributed by atoms with Gasteiger partial charge < -0.3 is 10.3 Å². The second-order valence-electron chi connectivity index (χ2n) is 4.77. The van der Waals surface area contributed by atoms with Crippen LogP contribution in [-0.2, 0) is 12.8 Å². The predicted molar refractivity (Wildman–Crippen MR) is 85.7 cm³/mol. The Kier molecular flexibility index (Phi) is 4.01. The van der Waals surface area contributed by atoms with Crippen LogP contribution in [0.25, 0.3) is 11.5 Å². The molecule has 3 rings (SSSR count). The molecule has 0 saturated carbocycles. The number of halogens is 1. The van der Waals surface area contributed by atoms with Crippen molar-refractivity contribution in [2.75, 3.05) is 5.73 Å². The van der Waals surface area contributed by atoms with Crippen molar-refractivity contribution in [1.29, 1.82) is 0 Å². The summed E-state index contributed by atoms with van der Waals surface area (Å²) >= 11 is 3.41. The van der Waals surface area contributed by atoms with Gasteiger partial charge in [-0.3, -0.25) is 0 Å². The van der Waals surface area contributed by atoms with Gasteiger partial charge in [0.1, 0.15) is 0 Å². The number of benzene rings is 2. The highest BCUT2D eigenvalue weighted by molar-refractivity contribution is 9.10. The molecule has 2 N–H and O–H groups in total. The van der Waals surface area contributed by atoms with Crippen LogP contribution in [0.2, 0.25) is 0 Å². The van der Waals surface area contributed by atoms with E-state index in [9.17, 15) is 0 Å². The van der Waals surface area contributed by atoms with Crippen LogP contribution < -0.4 is 5.73 Å². The molecule has 0 amide bonds. The van der Waals surface area contributed by atoms with E-state index in [4.69, 9.17) is 10.3 Å². The van der Waals surface area contributed by atoms with E-state index in [0.717, 1.165) is 22.9 Å². The Hall–Kier alpha value is -2.14. The van der Waals surface area contributed by atoms with E-state index in [0.29, 0.717) is 17.4 Å². The molecule has 0 spiro atoms. The third kappa shape index (κ3) is 3.49. The zero-order chi connectivity index (χ0) is 14.7. The fourth-order valence-electron chi connectivity index (χ4n) is 2.11. The van der Waals surface area contributed by atoms with Gasteiger partial charge in [-0.15, -0.1) is 0 Å². The summed E-state index contributed by atoms with van der Waals surface area (Å²) < 4.78 is 6.20. The molecule has 1 aromatic heterocycles. The molecule has 2 aromatic carbocycles. The highest BCUT2D eigenvalue weighted by Gasteiger charge is 2.10. The summed E-state index contributed by atoms with van der Waals surface area (Å²) in [5.41, 5.74) is 8.55. The largest absolute Gasteiger partial charge is 0.399 e. The smallest absolute Gasteiger partial charge is 0.258 e. The van der Waals surface area contributed by atoms with E-state index in [1.165, 1.54) is 5.56 Å². The van der Waals surface area contributed by atoms with E-state index < -0.39 is 0 Å². The van der Waals surface area contributed by atoms with Crippen molar-refractivity contribution < 1.29 is 4.52 Å². The minimum absolute atomic E-state index is 0.492. The molecule has 0 aliphatic rings. The summed E-state index contributed by atoms with van der Waals surface area (Å²) in [6, 6.07) is 15.8. The molecule has 0 fully saturated rings. The third-order valence-electron chi connectivity index (χ3n) is 3.12. The number of hydrogen-bond acceptors (Lipinski definition) is 4. The number of nitrogens with zero attached hydrogens (tertiary/aromatic N) is 2. The first kappa shape index (κ1) is 13.8. The van der Waals surface area contributed by atoms with Crippen LogP contribution in [0.5, 0.6) is 0 Å². The Morgan fingerprint density at radius 2 is 1.86 bits per heavy atom. The van der Waals surface area contributed by atoms with Crippen molar-refractivity contribution in [2.45, 2.75) is 12.8 Å². The molecule has 0 radical (unpaired) electrons. The first-order chi connectivity index (χ1) is 10.2. The van der Waals surface area contributed by atoms with E-state index in [1.54, 1.807) is 0 Å². The summed E-state index contributed by atoms with van der Waals surface area (Å²) in [4.78, 5) is 4.42. The van der Waals surface area contributed by atoms with E-state index >= 15 is 0 Å². The number of aromatic nitrogens is 2. The maximum atomic E-state index is 5.82. The number of nitrogen functional groups attached to an aromatic ring is 1. The minimum atomic E-state index is 0.492. The topological polar surface area (TPSA) is 64.9 Å². The Morgan fingerprint density at radius 1 is 1.05 bits per heavy atom. The lowest BCUT2D eigenvalue weighted by Crippen LogP contribution is -1.93. The molecule has 1 heterocycles. The molecule has 0 aliphatic carbocycles. The van der Waals surface area contributed by atoms with Gasteiger partial charge in [-0.25, -0.2) is 0 Å². The normalized spacial score (nSPS) is 10.7. The van der Waals surface area contributed by atoms with E-state index in [-0.39, 0.29) is 0 Å². The van der Waals surface area contributed by atoms with Crippen molar-refractivity contribution in [3.8, 4) is 11.5 Å². The highest BCUT2D eigenvalue weighted by atomic mass is 79.9.